The van der Waals surface area contributed by atoms with E-state index in [2.05, 4.69) is 30.1 Å². The monoisotopic (exact) mass is 215 g/mol. The van der Waals surface area contributed by atoms with Crippen LogP contribution in [0.25, 0.3) is 10.9 Å². The third kappa shape index (κ3) is 2.01. The molecule has 1 heterocycles. The summed E-state index contributed by atoms with van der Waals surface area (Å²) in [5.41, 5.74) is 3.45. The maximum absolute atomic E-state index is 11.7. The summed E-state index contributed by atoms with van der Waals surface area (Å²) in [5, 5.41) is 1.17. The van der Waals surface area contributed by atoms with Crippen LogP contribution < -0.4 is 0 Å². The second-order valence-corrected chi connectivity index (χ2v) is 4.66. The van der Waals surface area contributed by atoms with E-state index in [1.807, 2.05) is 20.0 Å². The van der Waals surface area contributed by atoms with Crippen LogP contribution in [0.1, 0.15) is 25.0 Å². The molecule has 0 saturated carbocycles. The Balaban J connectivity index is 2.35. The summed E-state index contributed by atoms with van der Waals surface area (Å²) in [4.78, 5) is 14.9. The maximum Gasteiger partial charge on any atom is 0.139 e. The van der Waals surface area contributed by atoms with Crippen molar-refractivity contribution >= 4 is 16.7 Å². The van der Waals surface area contributed by atoms with Crippen LogP contribution in [0.5, 0.6) is 0 Å². The van der Waals surface area contributed by atoms with E-state index in [9.17, 15) is 4.79 Å². The van der Waals surface area contributed by atoms with Crippen LogP contribution in [0, 0.1) is 12.8 Å². The zero-order valence-electron chi connectivity index (χ0n) is 10.0. The molecule has 1 aromatic heterocycles. The van der Waals surface area contributed by atoms with Gasteiger partial charge in [-0.05, 0) is 24.1 Å². The normalized spacial score (nSPS) is 11.2. The van der Waals surface area contributed by atoms with Crippen molar-refractivity contribution in [2.24, 2.45) is 5.92 Å². The summed E-state index contributed by atoms with van der Waals surface area (Å²) in [5.74, 6) is 0.400. The zero-order valence-corrected chi connectivity index (χ0v) is 10.0. The summed E-state index contributed by atoms with van der Waals surface area (Å²) < 4.78 is 0. The molecule has 0 aliphatic carbocycles. The molecule has 2 aromatic rings. The highest BCUT2D eigenvalue weighted by atomic mass is 16.1. The Labute approximate surface area is 95.7 Å². The van der Waals surface area contributed by atoms with E-state index in [0.29, 0.717) is 12.2 Å². The van der Waals surface area contributed by atoms with E-state index in [0.717, 1.165) is 11.1 Å². The van der Waals surface area contributed by atoms with Gasteiger partial charge in [-0.3, -0.25) is 4.79 Å². The molecule has 2 nitrogen and oxygen atoms in total. The highest BCUT2D eigenvalue weighted by Crippen LogP contribution is 2.20. The second kappa shape index (κ2) is 4.12. The molecule has 84 valence electrons. The summed E-state index contributed by atoms with van der Waals surface area (Å²) in [6.07, 6.45) is 2.48. The van der Waals surface area contributed by atoms with Crippen molar-refractivity contribution in [3.8, 4) is 0 Å². The maximum atomic E-state index is 11.7. The van der Waals surface area contributed by atoms with Gasteiger partial charge in [0.2, 0.25) is 0 Å². The molecule has 0 bridgehead atoms. The fraction of sp³-hybridized carbons (Fsp3) is 0.357. The molecule has 2 rings (SSSR count). The van der Waals surface area contributed by atoms with Gasteiger partial charge in [-0.2, -0.15) is 0 Å². The van der Waals surface area contributed by atoms with Gasteiger partial charge < -0.3 is 4.98 Å². The molecule has 0 spiro atoms. The number of carbonyl (C=O) groups excluding carboxylic acids is 1. The van der Waals surface area contributed by atoms with Crippen LogP contribution in [0.4, 0.5) is 0 Å². The Kier molecular flexibility index (Phi) is 2.82. The first-order valence-corrected chi connectivity index (χ1v) is 5.67. The average Bonchev–Trinajstić information content (AvgIpc) is 2.60. The van der Waals surface area contributed by atoms with Crippen LogP contribution >= 0.6 is 0 Å². The lowest BCUT2D eigenvalue weighted by Crippen LogP contribution is -2.09. The number of carbonyl (C=O) groups is 1. The molecular formula is C14H17NO. The second-order valence-electron chi connectivity index (χ2n) is 4.66. The average molecular weight is 215 g/mol. The molecule has 0 fully saturated rings. The molecule has 0 amide bonds. The molecule has 16 heavy (non-hydrogen) atoms. The molecule has 0 aliphatic rings. The van der Waals surface area contributed by atoms with Crippen molar-refractivity contribution in [1.29, 1.82) is 0 Å². The van der Waals surface area contributed by atoms with Crippen LogP contribution in [0.3, 0.4) is 0 Å². The van der Waals surface area contributed by atoms with Crippen LogP contribution in [0.2, 0.25) is 0 Å². The number of H-pyrrole nitrogens is 1. The van der Waals surface area contributed by atoms with Crippen LogP contribution in [-0.2, 0) is 11.2 Å². The first kappa shape index (κ1) is 10.9. The fourth-order valence-corrected chi connectivity index (χ4v) is 1.84. The predicted octanol–water partition coefficient (Wildman–Crippen LogP) is 3.24. The quantitative estimate of drug-likeness (QED) is 0.837. The van der Waals surface area contributed by atoms with E-state index >= 15 is 0 Å². The Hall–Kier alpha value is -1.57. The first-order valence-electron chi connectivity index (χ1n) is 5.67. The minimum Gasteiger partial charge on any atom is -0.361 e. The van der Waals surface area contributed by atoms with Crippen molar-refractivity contribution in [1.82, 2.24) is 4.98 Å². The number of hydrogen-bond donors (Lipinski definition) is 1. The Morgan fingerprint density at radius 3 is 2.81 bits per heavy atom. The van der Waals surface area contributed by atoms with Crippen molar-refractivity contribution < 1.29 is 4.79 Å². The molecule has 1 N–H and O–H groups in total. The minimum atomic E-state index is 0.107. The van der Waals surface area contributed by atoms with Gasteiger partial charge in [-0.1, -0.05) is 26.0 Å². The molecule has 1 aromatic carbocycles. The number of benzene rings is 1. The molecule has 0 saturated heterocycles. The van der Waals surface area contributed by atoms with E-state index in [1.165, 1.54) is 10.9 Å². The summed E-state index contributed by atoms with van der Waals surface area (Å²) in [6, 6.07) is 6.28. The Morgan fingerprint density at radius 2 is 2.12 bits per heavy atom. The van der Waals surface area contributed by atoms with Gasteiger partial charge >= 0.3 is 0 Å². The molecule has 0 radical (unpaired) electrons. The SMILES string of the molecule is Cc1ccc2c(CC(=O)C(C)C)c[nH]c2c1. The van der Waals surface area contributed by atoms with Gasteiger partial charge in [0.15, 0.2) is 0 Å². The molecule has 0 unspecified atom stereocenters. The van der Waals surface area contributed by atoms with Crippen LogP contribution in [-0.4, -0.2) is 10.8 Å². The fourth-order valence-electron chi connectivity index (χ4n) is 1.84. The number of hydrogen-bond acceptors (Lipinski definition) is 1. The minimum absolute atomic E-state index is 0.107. The lowest BCUT2D eigenvalue weighted by molar-refractivity contribution is -0.121. The standard InChI is InChI=1S/C14H17NO/c1-9(2)14(16)7-11-8-15-13-6-10(3)4-5-12(11)13/h4-6,8-9,15H,7H2,1-3H3. The summed E-state index contributed by atoms with van der Waals surface area (Å²) >= 11 is 0. The van der Waals surface area contributed by atoms with E-state index in [1.54, 1.807) is 0 Å². The van der Waals surface area contributed by atoms with Gasteiger partial charge in [-0.15, -0.1) is 0 Å². The van der Waals surface area contributed by atoms with Crippen molar-refractivity contribution in [2.75, 3.05) is 0 Å². The number of aromatic amines is 1. The third-order valence-electron chi connectivity index (χ3n) is 2.93. The molecule has 2 heteroatoms. The van der Waals surface area contributed by atoms with E-state index in [-0.39, 0.29) is 5.92 Å². The van der Waals surface area contributed by atoms with Gasteiger partial charge in [0.25, 0.3) is 0 Å². The molecule has 0 atom stereocenters. The number of Topliss-reactive ketones (excluding diaryl/α,β-unsaturated/α-hetero) is 1. The lowest BCUT2D eigenvalue weighted by atomic mass is 10.0. The Bertz CT molecular complexity index is 523. The lowest BCUT2D eigenvalue weighted by Gasteiger charge is -2.02. The molecular weight excluding hydrogens is 198 g/mol. The van der Waals surface area contributed by atoms with Crippen molar-refractivity contribution in [3.05, 3.63) is 35.5 Å². The largest absolute Gasteiger partial charge is 0.361 e. The smallest absolute Gasteiger partial charge is 0.139 e. The number of ketones is 1. The van der Waals surface area contributed by atoms with Crippen molar-refractivity contribution in [3.63, 3.8) is 0 Å². The predicted molar refractivity (Wildman–Crippen MR) is 66.6 cm³/mol. The number of aromatic nitrogens is 1. The van der Waals surface area contributed by atoms with E-state index < -0.39 is 0 Å². The first-order chi connectivity index (χ1) is 7.58. The Morgan fingerprint density at radius 1 is 1.38 bits per heavy atom. The zero-order chi connectivity index (χ0) is 11.7. The topological polar surface area (TPSA) is 32.9 Å². The van der Waals surface area contributed by atoms with Gasteiger partial charge in [0.1, 0.15) is 5.78 Å². The van der Waals surface area contributed by atoms with Gasteiger partial charge in [-0.25, -0.2) is 0 Å². The third-order valence-corrected chi connectivity index (χ3v) is 2.93. The van der Waals surface area contributed by atoms with Gasteiger partial charge in [0.05, 0.1) is 0 Å². The van der Waals surface area contributed by atoms with Crippen molar-refractivity contribution in [2.45, 2.75) is 27.2 Å². The number of aryl methyl sites for hydroxylation is 1. The van der Waals surface area contributed by atoms with Gasteiger partial charge in [0, 0.05) is 29.4 Å². The summed E-state index contributed by atoms with van der Waals surface area (Å²) in [6.45, 7) is 5.96. The summed E-state index contributed by atoms with van der Waals surface area (Å²) in [7, 11) is 0. The van der Waals surface area contributed by atoms with Crippen LogP contribution in [0.15, 0.2) is 24.4 Å². The number of fused-ring (bicyclic) bond motifs is 1. The highest BCUT2D eigenvalue weighted by molar-refractivity contribution is 5.90. The molecule has 0 aliphatic heterocycles. The number of rotatable bonds is 3. The van der Waals surface area contributed by atoms with E-state index in [4.69, 9.17) is 0 Å². The highest BCUT2D eigenvalue weighted by Gasteiger charge is 2.11. The number of nitrogens with one attached hydrogen (secondary N) is 1.